The van der Waals surface area contributed by atoms with Crippen LogP contribution in [0.3, 0.4) is 0 Å². The molecule has 2 nitrogen and oxygen atoms in total. The highest BCUT2D eigenvalue weighted by Gasteiger charge is 2.36. The van der Waals surface area contributed by atoms with Gasteiger partial charge < -0.3 is 4.90 Å². The second kappa shape index (κ2) is 4.72. The first kappa shape index (κ1) is 13.1. The van der Waals surface area contributed by atoms with Gasteiger partial charge in [-0.1, -0.05) is 27.7 Å². The van der Waals surface area contributed by atoms with Gasteiger partial charge in [0.2, 0.25) is 0 Å². The maximum atomic E-state index is 12.0. The molecule has 1 saturated carbocycles. The van der Waals surface area contributed by atoms with E-state index in [4.69, 9.17) is 0 Å². The van der Waals surface area contributed by atoms with Crippen molar-refractivity contribution >= 4 is 5.78 Å². The minimum Gasteiger partial charge on any atom is -0.302 e. The van der Waals surface area contributed by atoms with Gasteiger partial charge in [-0.05, 0) is 30.1 Å². The average Bonchev–Trinajstić information content (AvgIpc) is 2.52. The minimum absolute atomic E-state index is 0.302. The fourth-order valence-electron chi connectivity index (χ4n) is 3.42. The van der Waals surface area contributed by atoms with Gasteiger partial charge in [-0.3, -0.25) is 4.79 Å². The molecule has 0 spiro atoms. The average molecular weight is 237 g/mol. The van der Waals surface area contributed by atoms with E-state index in [0.29, 0.717) is 17.1 Å². The lowest BCUT2D eigenvalue weighted by atomic mass is 9.71. The molecule has 1 saturated heterocycles. The van der Waals surface area contributed by atoms with Crippen molar-refractivity contribution in [1.82, 2.24) is 4.90 Å². The molecule has 0 aromatic heterocycles. The SMILES string of the molecule is CC1CN(CC2CC(C)(C)CCC2=O)CC1C. The van der Waals surface area contributed by atoms with Gasteiger partial charge in [-0.15, -0.1) is 0 Å². The molecule has 17 heavy (non-hydrogen) atoms. The molecule has 0 bridgehead atoms. The van der Waals surface area contributed by atoms with E-state index in [1.165, 1.54) is 13.1 Å². The van der Waals surface area contributed by atoms with Crippen LogP contribution in [0.1, 0.15) is 47.0 Å². The van der Waals surface area contributed by atoms with Crippen LogP contribution in [-0.2, 0) is 4.79 Å². The predicted octanol–water partition coefficient (Wildman–Crippen LogP) is 2.97. The van der Waals surface area contributed by atoms with E-state index in [-0.39, 0.29) is 0 Å². The minimum atomic E-state index is 0.302. The van der Waals surface area contributed by atoms with Crippen LogP contribution in [0.2, 0.25) is 0 Å². The van der Waals surface area contributed by atoms with Crippen LogP contribution in [0.5, 0.6) is 0 Å². The Morgan fingerprint density at radius 3 is 2.41 bits per heavy atom. The highest BCUT2D eigenvalue weighted by atomic mass is 16.1. The number of hydrogen-bond donors (Lipinski definition) is 0. The van der Waals surface area contributed by atoms with E-state index in [9.17, 15) is 4.79 Å². The van der Waals surface area contributed by atoms with E-state index in [1.807, 2.05) is 0 Å². The Kier molecular flexibility index (Phi) is 3.63. The molecule has 2 aliphatic rings. The van der Waals surface area contributed by atoms with Crippen LogP contribution >= 0.6 is 0 Å². The summed E-state index contributed by atoms with van der Waals surface area (Å²) < 4.78 is 0. The first-order valence-electron chi connectivity index (χ1n) is 7.12. The summed E-state index contributed by atoms with van der Waals surface area (Å²) in [7, 11) is 0. The number of Topliss-reactive ketones (excluding diaryl/α,β-unsaturated/α-hetero) is 1. The Hall–Kier alpha value is -0.370. The second-order valence-electron chi connectivity index (χ2n) is 7.20. The molecule has 3 unspecified atom stereocenters. The summed E-state index contributed by atoms with van der Waals surface area (Å²) in [5.74, 6) is 2.40. The standard InChI is InChI=1S/C15H27NO/c1-11-8-16(9-12(11)2)10-13-7-15(3,4)6-5-14(13)17/h11-13H,5-10H2,1-4H3. The lowest BCUT2D eigenvalue weighted by molar-refractivity contribution is -0.127. The van der Waals surface area contributed by atoms with Gasteiger partial charge in [0, 0.05) is 32.0 Å². The fraction of sp³-hybridized carbons (Fsp3) is 0.933. The third-order valence-electron chi connectivity index (χ3n) is 4.84. The summed E-state index contributed by atoms with van der Waals surface area (Å²) in [6.07, 6.45) is 2.97. The molecule has 2 rings (SSSR count). The van der Waals surface area contributed by atoms with Crippen molar-refractivity contribution in [1.29, 1.82) is 0 Å². The number of nitrogens with zero attached hydrogens (tertiary/aromatic N) is 1. The van der Waals surface area contributed by atoms with Crippen molar-refractivity contribution in [3.8, 4) is 0 Å². The maximum Gasteiger partial charge on any atom is 0.137 e. The molecule has 0 amide bonds. The first-order valence-corrected chi connectivity index (χ1v) is 7.12. The number of carbonyl (C=O) groups is 1. The highest BCUT2D eigenvalue weighted by molar-refractivity contribution is 5.82. The van der Waals surface area contributed by atoms with Gasteiger partial charge in [-0.2, -0.15) is 0 Å². The monoisotopic (exact) mass is 237 g/mol. The predicted molar refractivity (Wildman–Crippen MR) is 70.9 cm³/mol. The van der Waals surface area contributed by atoms with Gasteiger partial charge in [0.1, 0.15) is 5.78 Å². The number of likely N-dealkylation sites (tertiary alicyclic amines) is 1. The summed E-state index contributed by atoms with van der Waals surface area (Å²) in [6, 6.07) is 0. The molecule has 0 aromatic carbocycles. The number of ketones is 1. The lowest BCUT2D eigenvalue weighted by Crippen LogP contribution is -2.38. The molecule has 0 N–H and O–H groups in total. The van der Waals surface area contributed by atoms with Crippen LogP contribution < -0.4 is 0 Å². The normalized spacial score (nSPS) is 38.6. The molecule has 1 heterocycles. The third kappa shape index (κ3) is 3.09. The van der Waals surface area contributed by atoms with Crippen molar-refractivity contribution < 1.29 is 4.79 Å². The van der Waals surface area contributed by atoms with Gasteiger partial charge >= 0.3 is 0 Å². The van der Waals surface area contributed by atoms with Gasteiger partial charge in [0.25, 0.3) is 0 Å². The Morgan fingerprint density at radius 1 is 1.24 bits per heavy atom. The molecule has 2 heteroatoms. The summed E-state index contributed by atoms with van der Waals surface area (Å²) in [4.78, 5) is 14.5. The Balaban J connectivity index is 1.92. The molecule has 0 aromatic rings. The summed E-state index contributed by atoms with van der Waals surface area (Å²) in [5.41, 5.74) is 0.371. The Morgan fingerprint density at radius 2 is 1.82 bits per heavy atom. The van der Waals surface area contributed by atoms with E-state index in [2.05, 4.69) is 32.6 Å². The van der Waals surface area contributed by atoms with Crippen molar-refractivity contribution in [2.45, 2.75) is 47.0 Å². The van der Waals surface area contributed by atoms with Crippen LogP contribution in [0.25, 0.3) is 0 Å². The van der Waals surface area contributed by atoms with Crippen molar-refractivity contribution in [2.24, 2.45) is 23.2 Å². The van der Waals surface area contributed by atoms with Crippen LogP contribution in [0.15, 0.2) is 0 Å². The summed E-state index contributed by atoms with van der Waals surface area (Å²) >= 11 is 0. The van der Waals surface area contributed by atoms with Crippen LogP contribution in [0, 0.1) is 23.2 Å². The van der Waals surface area contributed by atoms with E-state index in [0.717, 1.165) is 37.6 Å². The first-order chi connectivity index (χ1) is 7.87. The van der Waals surface area contributed by atoms with Gasteiger partial charge in [0.05, 0.1) is 0 Å². The summed E-state index contributed by atoms with van der Waals surface area (Å²) in [5, 5.41) is 0. The molecule has 0 radical (unpaired) electrons. The fourth-order valence-corrected chi connectivity index (χ4v) is 3.42. The Bertz CT molecular complexity index is 287. The molecule has 1 aliphatic carbocycles. The van der Waals surface area contributed by atoms with Crippen LogP contribution in [-0.4, -0.2) is 30.3 Å². The molecular formula is C15H27NO. The molecule has 98 valence electrons. The highest BCUT2D eigenvalue weighted by Crippen LogP contribution is 2.37. The number of hydrogen-bond acceptors (Lipinski definition) is 2. The Labute approximate surface area is 106 Å². The van der Waals surface area contributed by atoms with E-state index < -0.39 is 0 Å². The number of carbonyl (C=O) groups excluding carboxylic acids is 1. The molecule has 2 fully saturated rings. The quantitative estimate of drug-likeness (QED) is 0.736. The zero-order chi connectivity index (χ0) is 12.6. The van der Waals surface area contributed by atoms with Crippen molar-refractivity contribution in [3.63, 3.8) is 0 Å². The van der Waals surface area contributed by atoms with Crippen molar-refractivity contribution in [2.75, 3.05) is 19.6 Å². The molecule has 1 aliphatic heterocycles. The van der Waals surface area contributed by atoms with Gasteiger partial charge in [0.15, 0.2) is 0 Å². The van der Waals surface area contributed by atoms with Crippen LogP contribution in [0.4, 0.5) is 0 Å². The van der Waals surface area contributed by atoms with Gasteiger partial charge in [-0.25, -0.2) is 0 Å². The zero-order valence-electron chi connectivity index (χ0n) is 11.8. The summed E-state index contributed by atoms with van der Waals surface area (Å²) in [6.45, 7) is 12.7. The lowest BCUT2D eigenvalue weighted by Gasteiger charge is -2.36. The largest absolute Gasteiger partial charge is 0.302 e. The molecule has 3 atom stereocenters. The van der Waals surface area contributed by atoms with E-state index in [1.54, 1.807) is 0 Å². The molecular weight excluding hydrogens is 210 g/mol. The van der Waals surface area contributed by atoms with E-state index >= 15 is 0 Å². The zero-order valence-corrected chi connectivity index (χ0v) is 11.8. The van der Waals surface area contributed by atoms with Crippen molar-refractivity contribution in [3.05, 3.63) is 0 Å². The third-order valence-corrected chi connectivity index (χ3v) is 4.84. The second-order valence-corrected chi connectivity index (χ2v) is 7.20. The number of rotatable bonds is 2. The maximum absolute atomic E-state index is 12.0. The smallest absolute Gasteiger partial charge is 0.137 e. The topological polar surface area (TPSA) is 20.3 Å².